The average Bonchev–Trinajstić information content (AvgIpc) is 3.01. The quantitative estimate of drug-likeness (QED) is 0.106. The fourth-order valence-corrected chi connectivity index (χ4v) is 5.06. The highest BCUT2D eigenvalue weighted by Crippen LogP contribution is 2.36. The minimum Gasteiger partial charge on any atom is -0.429 e. The molecule has 0 N–H and O–H groups in total. The number of unbranched alkanes of at least 4 members (excludes halogenated alkanes) is 2. The number of benzene rings is 5. The Kier molecular flexibility index (Phi) is 9.70. The van der Waals surface area contributed by atoms with E-state index in [1.807, 2.05) is 24.3 Å². The van der Waals surface area contributed by atoms with Crippen molar-refractivity contribution in [2.45, 2.75) is 45.1 Å². The van der Waals surface area contributed by atoms with Crippen molar-refractivity contribution >= 4 is 0 Å². The van der Waals surface area contributed by atoms with Gasteiger partial charge in [0.25, 0.3) is 0 Å². The Labute approximate surface area is 262 Å². The largest absolute Gasteiger partial charge is 0.573 e. The van der Waals surface area contributed by atoms with E-state index in [9.17, 15) is 22.0 Å². The van der Waals surface area contributed by atoms with Gasteiger partial charge in [0.1, 0.15) is 23.1 Å². The van der Waals surface area contributed by atoms with E-state index in [1.54, 1.807) is 6.07 Å². The van der Waals surface area contributed by atoms with Crippen LogP contribution in [0.1, 0.15) is 37.3 Å². The highest BCUT2D eigenvalue weighted by Gasteiger charge is 2.38. The minimum absolute atomic E-state index is 0.148. The molecule has 5 aromatic carbocycles. The highest BCUT2D eigenvalue weighted by molar-refractivity contribution is 5.71. The summed E-state index contributed by atoms with van der Waals surface area (Å²) in [4.78, 5) is 0. The Morgan fingerprint density at radius 3 is 1.57 bits per heavy atom. The first-order valence-corrected chi connectivity index (χ1v) is 14.6. The number of halogens is 7. The van der Waals surface area contributed by atoms with Crippen LogP contribution in [0.5, 0.6) is 11.5 Å². The van der Waals surface area contributed by atoms with Gasteiger partial charge in [-0.05, 0) is 88.7 Å². The second kappa shape index (κ2) is 13.7. The lowest BCUT2D eigenvalue weighted by molar-refractivity contribution is -0.274. The molecular weight excluding hydrogens is 609 g/mol. The van der Waals surface area contributed by atoms with Crippen molar-refractivity contribution in [3.63, 3.8) is 0 Å². The molecule has 9 heteroatoms. The zero-order valence-corrected chi connectivity index (χ0v) is 24.7. The molecule has 0 bridgehead atoms. The standard InChI is InChI=1S/C37H29F7O2/c1-2-3-4-5-24-6-8-25(9-7-24)29-15-21-33(35(39)23-29)36(40,41)45-30-16-10-26(11-17-30)28-14-20-32(34(38)22-28)27-12-18-31(19-13-27)46-37(42,43)44/h6-23H,2-5H2,1H3. The van der Waals surface area contributed by atoms with Gasteiger partial charge in [0.15, 0.2) is 0 Å². The van der Waals surface area contributed by atoms with E-state index in [4.69, 9.17) is 4.74 Å². The van der Waals surface area contributed by atoms with Crippen LogP contribution in [-0.4, -0.2) is 6.36 Å². The second-order valence-corrected chi connectivity index (χ2v) is 10.8. The minimum atomic E-state index is -4.84. The van der Waals surface area contributed by atoms with Gasteiger partial charge >= 0.3 is 12.5 Å². The fourth-order valence-electron chi connectivity index (χ4n) is 5.06. The molecule has 0 aromatic heterocycles. The molecule has 0 saturated heterocycles. The van der Waals surface area contributed by atoms with Gasteiger partial charge < -0.3 is 9.47 Å². The van der Waals surface area contributed by atoms with Gasteiger partial charge in [-0.1, -0.05) is 86.5 Å². The smallest absolute Gasteiger partial charge is 0.429 e. The molecular formula is C37H29F7O2. The lowest BCUT2D eigenvalue weighted by atomic mass is 9.99. The second-order valence-electron chi connectivity index (χ2n) is 10.8. The van der Waals surface area contributed by atoms with Crippen molar-refractivity contribution in [1.82, 2.24) is 0 Å². The predicted molar refractivity (Wildman–Crippen MR) is 164 cm³/mol. The summed E-state index contributed by atoms with van der Waals surface area (Å²) >= 11 is 0. The van der Waals surface area contributed by atoms with Crippen LogP contribution in [0.2, 0.25) is 0 Å². The summed E-state index contributed by atoms with van der Waals surface area (Å²) in [6.07, 6.45) is -4.53. The van der Waals surface area contributed by atoms with Crippen LogP contribution in [0.4, 0.5) is 30.7 Å². The summed E-state index contributed by atoms with van der Waals surface area (Å²) in [6.45, 7) is 2.13. The third kappa shape index (κ3) is 8.07. The molecule has 0 atom stereocenters. The van der Waals surface area contributed by atoms with Crippen LogP contribution < -0.4 is 9.47 Å². The molecule has 46 heavy (non-hydrogen) atoms. The van der Waals surface area contributed by atoms with Gasteiger partial charge in [-0.2, -0.15) is 8.78 Å². The van der Waals surface area contributed by atoms with Crippen molar-refractivity contribution in [1.29, 1.82) is 0 Å². The van der Waals surface area contributed by atoms with Gasteiger partial charge in [-0.25, -0.2) is 8.78 Å². The molecule has 5 aromatic rings. The zero-order chi connectivity index (χ0) is 32.9. The molecule has 0 heterocycles. The lowest BCUT2D eigenvalue weighted by Gasteiger charge is -2.19. The highest BCUT2D eigenvalue weighted by atomic mass is 19.4. The van der Waals surface area contributed by atoms with Crippen LogP contribution in [-0.2, 0) is 12.5 Å². The van der Waals surface area contributed by atoms with Crippen molar-refractivity contribution < 1.29 is 40.2 Å². The topological polar surface area (TPSA) is 18.5 Å². The van der Waals surface area contributed by atoms with E-state index in [1.165, 1.54) is 54.6 Å². The summed E-state index contributed by atoms with van der Waals surface area (Å²) < 4.78 is 106. The SMILES string of the molecule is CCCCCc1ccc(-c2ccc(C(F)(F)Oc3ccc(-c4ccc(-c5ccc(OC(F)(F)F)cc5)c(F)c4)cc3)c(F)c2)cc1. The van der Waals surface area contributed by atoms with E-state index in [0.29, 0.717) is 27.8 Å². The van der Waals surface area contributed by atoms with E-state index >= 15 is 8.78 Å². The van der Waals surface area contributed by atoms with Gasteiger partial charge in [-0.15, -0.1) is 13.2 Å². The van der Waals surface area contributed by atoms with Crippen molar-refractivity contribution in [2.24, 2.45) is 0 Å². The molecule has 0 aliphatic carbocycles. The molecule has 0 aliphatic heterocycles. The summed E-state index contributed by atoms with van der Waals surface area (Å²) in [7, 11) is 0. The summed E-state index contributed by atoms with van der Waals surface area (Å²) in [5.74, 6) is -2.41. The first-order chi connectivity index (χ1) is 21.9. The Hall–Kier alpha value is -4.79. The third-order valence-corrected chi connectivity index (χ3v) is 7.44. The van der Waals surface area contributed by atoms with Gasteiger partial charge in [-0.3, -0.25) is 0 Å². The number of hydrogen-bond acceptors (Lipinski definition) is 2. The maximum atomic E-state index is 15.0. The van der Waals surface area contributed by atoms with Crippen molar-refractivity contribution in [3.05, 3.63) is 132 Å². The third-order valence-electron chi connectivity index (χ3n) is 7.44. The number of aryl methyl sites for hydroxylation is 1. The van der Waals surface area contributed by atoms with Gasteiger partial charge in [0.05, 0.1) is 5.56 Å². The van der Waals surface area contributed by atoms with Crippen LogP contribution in [0.3, 0.4) is 0 Å². The maximum Gasteiger partial charge on any atom is 0.573 e. The molecule has 238 valence electrons. The normalized spacial score (nSPS) is 11.8. The first kappa shape index (κ1) is 32.6. The van der Waals surface area contributed by atoms with Crippen LogP contribution in [0.15, 0.2) is 109 Å². The van der Waals surface area contributed by atoms with Crippen LogP contribution in [0.25, 0.3) is 33.4 Å². The Morgan fingerprint density at radius 1 is 0.522 bits per heavy atom. The number of rotatable bonds is 11. The maximum absolute atomic E-state index is 15.0. The Morgan fingerprint density at radius 2 is 1.02 bits per heavy atom. The monoisotopic (exact) mass is 638 g/mol. The molecule has 0 amide bonds. The lowest BCUT2D eigenvalue weighted by Crippen LogP contribution is -2.23. The molecule has 0 spiro atoms. The first-order valence-electron chi connectivity index (χ1n) is 14.6. The van der Waals surface area contributed by atoms with E-state index < -0.39 is 35.4 Å². The zero-order valence-electron chi connectivity index (χ0n) is 24.7. The molecule has 0 saturated carbocycles. The predicted octanol–water partition coefficient (Wildman–Crippen LogP) is 11.7. The van der Waals surface area contributed by atoms with Crippen LogP contribution in [0, 0.1) is 11.6 Å². The van der Waals surface area contributed by atoms with Crippen molar-refractivity contribution in [2.75, 3.05) is 0 Å². The molecule has 0 radical (unpaired) electrons. The molecule has 2 nitrogen and oxygen atoms in total. The number of ether oxygens (including phenoxy) is 2. The number of hydrogen-bond donors (Lipinski definition) is 0. The Balaban J connectivity index is 1.25. The summed E-state index contributed by atoms with van der Waals surface area (Å²) in [6, 6.07) is 25.6. The van der Waals surface area contributed by atoms with Gasteiger partial charge in [0, 0.05) is 5.56 Å². The fraction of sp³-hybridized carbons (Fsp3) is 0.189. The molecule has 0 fully saturated rings. The van der Waals surface area contributed by atoms with E-state index in [-0.39, 0.29) is 11.3 Å². The summed E-state index contributed by atoms with van der Waals surface area (Å²) in [5.41, 5.74) is 2.82. The molecule has 0 unspecified atom stereocenters. The van der Waals surface area contributed by atoms with E-state index in [2.05, 4.69) is 11.7 Å². The molecule has 5 rings (SSSR count). The van der Waals surface area contributed by atoms with Crippen molar-refractivity contribution in [3.8, 4) is 44.9 Å². The molecule has 0 aliphatic rings. The van der Waals surface area contributed by atoms with E-state index in [0.717, 1.165) is 55.5 Å². The van der Waals surface area contributed by atoms with Gasteiger partial charge in [0.2, 0.25) is 0 Å². The average molecular weight is 639 g/mol. The number of alkyl halides is 5. The Bertz CT molecular complexity index is 1760. The summed E-state index contributed by atoms with van der Waals surface area (Å²) in [5, 5.41) is 0. The van der Waals surface area contributed by atoms with Crippen LogP contribution >= 0.6 is 0 Å².